The van der Waals surface area contributed by atoms with Crippen LogP contribution in [0, 0.1) is 0 Å². The third kappa shape index (κ3) is 3.41. The zero-order valence-corrected chi connectivity index (χ0v) is 8.42. The molecule has 0 radical (unpaired) electrons. The van der Waals surface area contributed by atoms with E-state index < -0.39 is 0 Å². The second kappa shape index (κ2) is 4.96. The van der Waals surface area contributed by atoms with Crippen LogP contribution in [0.25, 0.3) is 0 Å². The summed E-state index contributed by atoms with van der Waals surface area (Å²) in [4.78, 5) is 2.25. The molecule has 0 atom stereocenters. The van der Waals surface area contributed by atoms with Crippen LogP contribution in [-0.4, -0.2) is 11.6 Å². The van der Waals surface area contributed by atoms with Crippen LogP contribution in [0.1, 0.15) is 0 Å². The van der Waals surface area contributed by atoms with E-state index in [1.54, 1.807) is 11.8 Å². The van der Waals surface area contributed by atoms with Crippen LogP contribution in [0.3, 0.4) is 0 Å². The summed E-state index contributed by atoms with van der Waals surface area (Å²) in [6.45, 7) is 0. The molecule has 11 heavy (non-hydrogen) atoms. The molecule has 0 saturated heterocycles. The molecule has 0 unspecified atom stereocenters. The van der Waals surface area contributed by atoms with E-state index in [9.17, 15) is 0 Å². The molecule has 0 amide bonds. The van der Waals surface area contributed by atoms with Crippen molar-refractivity contribution in [3.8, 4) is 0 Å². The molecule has 0 fully saturated rings. The summed E-state index contributed by atoms with van der Waals surface area (Å²) >= 11 is 11.5. The highest BCUT2D eigenvalue weighted by molar-refractivity contribution is 7.99. The minimum Gasteiger partial charge on any atom is -0.143 e. The maximum Gasteiger partial charge on any atom is 0.0317 e. The molecule has 0 spiro atoms. The van der Waals surface area contributed by atoms with Gasteiger partial charge in [0.1, 0.15) is 0 Å². The Morgan fingerprint density at radius 3 is 2.45 bits per heavy atom. The Morgan fingerprint density at radius 1 is 1.27 bits per heavy atom. The summed E-state index contributed by atoms with van der Waals surface area (Å²) in [5.74, 6) is 1.67. The summed E-state index contributed by atoms with van der Waals surface area (Å²) in [6, 6.07) is 8.08. The molecule has 1 aromatic rings. The third-order valence-corrected chi connectivity index (χ3v) is 2.91. The second-order valence-corrected chi connectivity index (χ2v) is 4.09. The Labute approximate surface area is 81.7 Å². The molecule has 1 aromatic carbocycles. The summed E-state index contributed by atoms with van der Waals surface area (Å²) in [7, 11) is 0. The fourth-order valence-electron chi connectivity index (χ4n) is 0.699. The maximum atomic E-state index is 5.55. The first-order valence-electron chi connectivity index (χ1n) is 3.31. The molecule has 0 bridgehead atoms. The first-order valence-corrected chi connectivity index (χ1v) is 5.27. The van der Waals surface area contributed by atoms with Gasteiger partial charge in [0.15, 0.2) is 0 Å². The highest BCUT2D eigenvalue weighted by atomic mass is 35.5. The zero-order valence-electron chi connectivity index (χ0n) is 5.96. The topological polar surface area (TPSA) is 0 Å². The van der Waals surface area contributed by atoms with Crippen LogP contribution < -0.4 is 0 Å². The molecule has 0 nitrogen and oxygen atoms in total. The van der Waals surface area contributed by atoms with Gasteiger partial charge in [-0.1, -0.05) is 0 Å². The molecule has 1 rings (SSSR count). The van der Waals surface area contributed by atoms with Crippen molar-refractivity contribution in [2.45, 2.75) is 9.79 Å². The quantitative estimate of drug-likeness (QED) is 0.448. The van der Waals surface area contributed by atoms with Crippen molar-refractivity contribution in [2.75, 3.05) is 11.6 Å². The van der Waals surface area contributed by atoms with Crippen molar-refractivity contribution in [3.63, 3.8) is 0 Å². The first kappa shape index (κ1) is 9.30. The van der Waals surface area contributed by atoms with Crippen LogP contribution in [0.4, 0.5) is 0 Å². The van der Waals surface area contributed by atoms with Crippen molar-refractivity contribution in [2.24, 2.45) is 0 Å². The predicted molar refractivity (Wildman–Crippen MR) is 55.1 cm³/mol. The second-order valence-electron chi connectivity index (χ2n) is 2.03. The smallest absolute Gasteiger partial charge is 0.0317 e. The minimum atomic E-state index is 0.702. The van der Waals surface area contributed by atoms with Gasteiger partial charge in [-0.3, -0.25) is 0 Å². The molecule has 0 N–H and O–H groups in total. The Balaban J connectivity index is 2.52. The van der Waals surface area contributed by atoms with E-state index in [1.165, 1.54) is 4.90 Å². The molecular formula is C8H9ClS2. The van der Waals surface area contributed by atoms with Gasteiger partial charge in [0.25, 0.3) is 0 Å². The summed E-state index contributed by atoms with van der Waals surface area (Å²) in [5, 5.41) is 0. The third-order valence-electron chi connectivity index (χ3n) is 1.18. The lowest BCUT2D eigenvalue weighted by Crippen LogP contribution is -1.78. The molecule has 0 saturated carbocycles. The lowest BCUT2D eigenvalue weighted by molar-refractivity contribution is 1.35. The highest BCUT2D eigenvalue weighted by Crippen LogP contribution is 2.19. The average molecular weight is 205 g/mol. The van der Waals surface area contributed by atoms with E-state index in [0.717, 1.165) is 10.6 Å². The number of thioether (sulfide) groups is 1. The van der Waals surface area contributed by atoms with E-state index in [-0.39, 0.29) is 0 Å². The Morgan fingerprint density at radius 2 is 1.91 bits per heavy atom. The van der Waals surface area contributed by atoms with E-state index in [4.69, 9.17) is 11.6 Å². The molecule has 60 valence electrons. The molecule has 0 aliphatic carbocycles. The number of alkyl halides is 1. The standard InChI is InChI=1S/C8H9ClS2/c9-5-6-11-8-3-1-7(10)2-4-8/h1-4,10H,5-6H2. The molecule has 0 heterocycles. The van der Waals surface area contributed by atoms with Crippen LogP contribution in [-0.2, 0) is 0 Å². The number of hydrogen-bond acceptors (Lipinski definition) is 2. The van der Waals surface area contributed by atoms with Gasteiger partial charge >= 0.3 is 0 Å². The van der Waals surface area contributed by atoms with E-state index in [0.29, 0.717) is 5.88 Å². The van der Waals surface area contributed by atoms with Crippen molar-refractivity contribution in [1.29, 1.82) is 0 Å². The van der Waals surface area contributed by atoms with Crippen molar-refractivity contribution < 1.29 is 0 Å². The normalized spacial score (nSPS) is 10.0. The molecule has 0 aliphatic rings. The van der Waals surface area contributed by atoms with Gasteiger partial charge < -0.3 is 0 Å². The van der Waals surface area contributed by atoms with Gasteiger partial charge in [0.2, 0.25) is 0 Å². The van der Waals surface area contributed by atoms with Crippen molar-refractivity contribution in [3.05, 3.63) is 24.3 Å². The van der Waals surface area contributed by atoms with E-state index in [2.05, 4.69) is 24.8 Å². The Bertz CT molecular complexity index is 208. The van der Waals surface area contributed by atoms with Crippen LogP contribution in [0.5, 0.6) is 0 Å². The maximum absolute atomic E-state index is 5.55. The summed E-state index contributed by atoms with van der Waals surface area (Å²) in [6.07, 6.45) is 0. The van der Waals surface area contributed by atoms with E-state index in [1.807, 2.05) is 12.1 Å². The monoisotopic (exact) mass is 204 g/mol. The fraction of sp³-hybridized carbons (Fsp3) is 0.250. The van der Waals surface area contributed by atoms with Crippen molar-refractivity contribution >= 4 is 36.0 Å². The Hall–Kier alpha value is 0.210. The largest absolute Gasteiger partial charge is 0.143 e. The number of rotatable bonds is 3. The molecular weight excluding hydrogens is 196 g/mol. The fourth-order valence-corrected chi connectivity index (χ4v) is 1.72. The lowest BCUT2D eigenvalue weighted by atomic mass is 10.4. The van der Waals surface area contributed by atoms with Gasteiger partial charge in [0, 0.05) is 21.4 Å². The van der Waals surface area contributed by atoms with Gasteiger partial charge in [-0.2, -0.15) is 0 Å². The zero-order chi connectivity index (χ0) is 8.10. The van der Waals surface area contributed by atoms with Crippen LogP contribution in [0.2, 0.25) is 0 Å². The summed E-state index contributed by atoms with van der Waals surface area (Å²) in [5.41, 5.74) is 0. The first-order chi connectivity index (χ1) is 5.33. The molecule has 0 aliphatic heterocycles. The highest BCUT2D eigenvalue weighted by Gasteiger charge is 1.91. The molecule has 3 heteroatoms. The number of hydrogen-bond donors (Lipinski definition) is 1. The van der Waals surface area contributed by atoms with Gasteiger partial charge in [0.05, 0.1) is 0 Å². The minimum absolute atomic E-state index is 0.702. The lowest BCUT2D eigenvalue weighted by Gasteiger charge is -1.97. The van der Waals surface area contributed by atoms with Crippen molar-refractivity contribution in [1.82, 2.24) is 0 Å². The van der Waals surface area contributed by atoms with Gasteiger partial charge in [-0.25, -0.2) is 0 Å². The SMILES string of the molecule is Sc1ccc(SCCCl)cc1. The van der Waals surface area contributed by atoms with E-state index >= 15 is 0 Å². The molecule has 0 aromatic heterocycles. The predicted octanol–water partition coefficient (Wildman–Crippen LogP) is 3.31. The number of thiol groups is 1. The average Bonchev–Trinajstić information content (AvgIpc) is 2.04. The van der Waals surface area contributed by atoms with Crippen LogP contribution in [0.15, 0.2) is 34.1 Å². The van der Waals surface area contributed by atoms with Gasteiger partial charge in [-0.15, -0.1) is 36.0 Å². The summed E-state index contributed by atoms with van der Waals surface area (Å²) < 4.78 is 0. The van der Waals surface area contributed by atoms with Gasteiger partial charge in [-0.05, 0) is 24.3 Å². The van der Waals surface area contributed by atoms with Crippen LogP contribution >= 0.6 is 36.0 Å². The number of halogens is 1. The number of benzene rings is 1. The Kier molecular flexibility index (Phi) is 4.20.